The molecule has 3 rings (SSSR count). The lowest BCUT2D eigenvalue weighted by molar-refractivity contribution is -0.117. The number of amides is 1. The fourth-order valence-electron chi connectivity index (χ4n) is 3.86. The molecule has 1 aliphatic rings. The van der Waals surface area contributed by atoms with E-state index in [9.17, 15) is 24.2 Å². The number of aliphatic hydroxyl groups excluding tert-OH is 1. The summed E-state index contributed by atoms with van der Waals surface area (Å²) in [6, 6.07) is 5.61. The molecule has 1 aliphatic heterocycles. The lowest BCUT2D eigenvalue weighted by atomic mass is 9.84. The Balaban J connectivity index is 1.68. The Morgan fingerprint density at radius 1 is 1.21 bits per heavy atom. The van der Waals surface area contributed by atoms with Crippen molar-refractivity contribution in [1.29, 1.82) is 0 Å². The zero-order valence-corrected chi connectivity index (χ0v) is 19.3. The van der Waals surface area contributed by atoms with E-state index in [1.165, 1.54) is 18.3 Å². The third-order valence-corrected chi connectivity index (χ3v) is 6.15. The van der Waals surface area contributed by atoms with Gasteiger partial charge in [-0.3, -0.25) is 14.6 Å². The molecule has 0 atom stereocenters. The number of aromatic hydroxyl groups is 1. The summed E-state index contributed by atoms with van der Waals surface area (Å²) in [6.07, 6.45) is 2.69. The average molecular weight is 459 g/mol. The fraction of sp³-hybridized carbons (Fsp3) is 0.480. The van der Waals surface area contributed by atoms with Gasteiger partial charge in [-0.15, -0.1) is 0 Å². The van der Waals surface area contributed by atoms with Crippen LogP contribution in [0.1, 0.15) is 60.8 Å². The number of pyridine rings is 1. The van der Waals surface area contributed by atoms with Gasteiger partial charge >= 0.3 is 0 Å². The molecule has 178 valence electrons. The van der Waals surface area contributed by atoms with Crippen LogP contribution in [0.15, 0.2) is 30.5 Å². The predicted molar refractivity (Wildman–Crippen MR) is 121 cm³/mol. The highest BCUT2D eigenvalue weighted by Gasteiger charge is 2.30. The summed E-state index contributed by atoms with van der Waals surface area (Å²) in [5.74, 6) is -1.36. The Kier molecular flexibility index (Phi) is 7.49. The molecular formula is C25H31FN2O5. The SMILES string of the molecule is CC1(NC(=O)c2cc(CC(=O)Cc3cc(O)c(C(C)(C)CO)cc3F)ccn2)CCOCC1. The number of aromatic nitrogens is 1. The molecule has 0 bridgehead atoms. The Hall–Kier alpha value is -2.84. The molecule has 1 aromatic heterocycles. The summed E-state index contributed by atoms with van der Waals surface area (Å²) in [6.45, 7) is 6.26. The average Bonchev–Trinajstić information content (AvgIpc) is 2.76. The van der Waals surface area contributed by atoms with Gasteiger partial charge in [0.2, 0.25) is 0 Å². The highest BCUT2D eigenvalue weighted by atomic mass is 19.1. The number of halogens is 1. The van der Waals surface area contributed by atoms with Gasteiger partial charge in [-0.05, 0) is 55.2 Å². The van der Waals surface area contributed by atoms with Crippen molar-refractivity contribution in [3.05, 3.63) is 58.7 Å². The van der Waals surface area contributed by atoms with E-state index in [2.05, 4.69) is 10.3 Å². The van der Waals surface area contributed by atoms with Crippen molar-refractivity contribution in [2.75, 3.05) is 19.8 Å². The zero-order chi connectivity index (χ0) is 24.2. The molecule has 8 heteroatoms. The third kappa shape index (κ3) is 6.15. The largest absolute Gasteiger partial charge is 0.508 e. The van der Waals surface area contributed by atoms with E-state index in [-0.39, 0.29) is 59.2 Å². The first kappa shape index (κ1) is 24.8. The molecule has 0 aliphatic carbocycles. The second kappa shape index (κ2) is 9.97. The van der Waals surface area contributed by atoms with Crippen LogP contribution in [0.4, 0.5) is 4.39 Å². The summed E-state index contributed by atoms with van der Waals surface area (Å²) in [4.78, 5) is 29.4. The first-order valence-electron chi connectivity index (χ1n) is 11.0. The van der Waals surface area contributed by atoms with Gasteiger partial charge in [-0.2, -0.15) is 0 Å². The molecule has 33 heavy (non-hydrogen) atoms. The molecule has 0 radical (unpaired) electrons. The van der Waals surface area contributed by atoms with Crippen molar-refractivity contribution < 1.29 is 28.9 Å². The number of nitrogens with one attached hydrogen (secondary N) is 1. The van der Waals surface area contributed by atoms with Crippen molar-refractivity contribution in [1.82, 2.24) is 10.3 Å². The summed E-state index contributed by atoms with van der Waals surface area (Å²) in [7, 11) is 0. The van der Waals surface area contributed by atoms with Crippen molar-refractivity contribution >= 4 is 11.7 Å². The topological polar surface area (TPSA) is 109 Å². The standard InChI is InChI=1S/C25H31FN2O5/c1-24(2,15-29)19-14-20(26)17(13-22(19)31)12-18(30)10-16-4-7-27-21(11-16)23(32)28-25(3)5-8-33-9-6-25/h4,7,11,13-14,29,31H,5-6,8-10,12,15H2,1-3H3,(H,28,32). The number of rotatable bonds is 8. The number of hydrogen-bond acceptors (Lipinski definition) is 6. The molecule has 2 aromatic rings. The van der Waals surface area contributed by atoms with Crippen LogP contribution in [0, 0.1) is 5.82 Å². The minimum atomic E-state index is -0.816. The fourth-order valence-corrected chi connectivity index (χ4v) is 3.86. The molecule has 0 spiro atoms. The number of Topliss-reactive ketones (excluding diaryl/α,β-unsaturated/α-hetero) is 1. The number of nitrogens with zero attached hydrogens (tertiary/aromatic N) is 1. The van der Waals surface area contributed by atoms with Crippen LogP contribution < -0.4 is 5.32 Å². The first-order valence-corrected chi connectivity index (χ1v) is 11.0. The van der Waals surface area contributed by atoms with Crippen molar-refractivity contribution in [2.45, 2.75) is 57.4 Å². The van der Waals surface area contributed by atoms with E-state index in [4.69, 9.17) is 4.74 Å². The highest BCUT2D eigenvalue weighted by molar-refractivity contribution is 5.93. The van der Waals surface area contributed by atoms with Gasteiger partial charge in [-0.1, -0.05) is 13.8 Å². The van der Waals surface area contributed by atoms with Gasteiger partial charge < -0.3 is 20.3 Å². The molecule has 0 saturated carbocycles. The van der Waals surface area contributed by atoms with Crippen LogP contribution in [0.2, 0.25) is 0 Å². The van der Waals surface area contributed by atoms with Gasteiger partial charge in [0.05, 0.1) is 6.61 Å². The number of benzene rings is 1. The maximum atomic E-state index is 14.6. The molecule has 0 unspecified atom stereocenters. The van der Waals surface area contributed by atoms with Crippen LogP contribution >= 0.6 is 0 Å². The van der Waals surface area contributed by atoms with E-state index >= 15 is 0 Å². The van der Waals surface area contributed by atoms with E-state index in [1.807, 2.05) is 6.92 Å². The van der Waals surface area contributed by atoms with Gasteiger partial charge in [0, 0.05) is 48.8 Å². The van der Waals surface area contributed by atoms with Crippen LogP contribution in [0.5, 0.6) is 5.75 Å². The van der Waals surface area contributed by atoms with E-state index in [1.54, 1.807) is 26.0 Å². The number of aliphatic hydroxyl groups is 1. The van der Waals surface area contributed by atoms with E-state index in [0.717, 1.165) is 0 Å². The Labute approximate surface area is 193 Å². The minimum Gasteiger partial charge on any atom is -0.508 e. The van der Waals surface area contributed by atoms with Gasteiger partial charge in [-0.25, -0.2) is 4.39 Å². The number of ketones is 1. The van der Waals surface area contributed by atoms with E-state index < -0.39 is 11.2 Å². The number of phenolic OH excluding ortho intramolecular Hbond substituents is 1. The summed E-state index contributed by atoms with van der Waals surface area (Å²) in [5.41, 5.74) is -0.00832. The number of hydrogen-bond donors (Lipinski definition) is 3. The van der Waals surface area contributed by atoms with E-state index in [0.29, 0.717) is 31.6 Å². The molecule has 2 heterocycles. The first-order chi connectivity index (χ1) is 15.5. The Bertz CT molecular complexity index is 1030. The maximum absolute atomic E-state index is 14.6. The van der Waals surface area contributed by atoms with Crippen LogP contribution in [0.3, 0.4) is 0 Å². The molecule has 1 saturated heterocycles. The van der Waals surface area contributed by atoms with Crippen molar-refractivity contribution in [3.8, 4) is 5.75 Å². The third-order valence-electron chi connectivity index (χ3n) is 6.15. The smallest absolute Gasteiger partial charge is 0.270 e. The molecule has 3 N–H and O–H groups in total. The maximum Gasteiger partial charge on any atom is 0.270 e. The monoisotopic (exact) mass is 458 g/mol. The molecule has 7 nitrogen and oxygen atoms in total. The molecular weight excluding hydrogens is 427 g/mol. The van der Waals surface area contributed by atoms with Crippen LogP contribution in [-0.4, -0.2) is 52.2 Å². The lowest BCUT2D eigenvalue weighted by Crippen LogP contribution is -2.49. The number of carbonyl (C=O) groups excluding carboxylic acids is 2. The minimum absolute atomic E-state index is 0.00199. The van der Waals surface area contributed by atoms with Gasteiger partial charge in [0.15, 0.2) is 0 Å². The Morgan fingerprint density at radius 2 is 1.91 bits per heavy atom. The molecule has 1 amide bonds. The summed E-state index contributed by atoms with van der Waals surface area (Å²) < 4.78 is 20.0. The second-order valence-corrected chi connectivity index (χ2v) is 9.57. The van der Waals surface area contributed by atoms with Gasteiger partial charge in [0.25, 0.3) is 5.91 Å². The highest BCUT2D eigenvalue weighted by Crippen LogP contribution is 2.33. The van der Waals surface area contributed by atoms with Crippen LogP contribution in [0.25, 0.3) is 0 Å². The number of ether oxygens (including phenoxy) is 1. The Morgan fingerprint density at radius 3 is 2.58 bits per heavy atom. The second-order valence-electron chi connectivity index (χ2n) is 9.57. The summed E-state index contributed by atoms with van der Waals surface area (Å²) >= 11 is 0. The number of phenols is 1. The van der Waals surface area contributed by atoms with Crippen LogP contribution in [-0.2, 0) is 27.8 Å². The summed E-state index contributed by atoms with van der Waals surface area (Å²) in [5, 5.41) is 22.8. The lowest BCUT2D eigenvalue weighted by Gasteiger charge is -2.34. The molecule has 1 fully saturated rings. The molecule has 1 aromatic carbocycles. The van der Waals surface area contributed by atoms with Crippen molar-refractivity contribution in [3.63, 3.8) is 0 Å². The van der Waals surface area contributed by atoms with Crippen molar-refractivity contribution in [2.24, 2.45) is 0 Å². The quantitative estimate of drug-likeness (QED) is 0.561. The predicted octanol–water partition coefficient (Wildman–Crippen LogP) is 2.85. The van der Waals surface area contributed by atoms with Gasteiger partial charge in [0.1, 0.15) is 23.0 Å². The number of carbonyl (C=O) groups is 2. The normalized spacial score (nSPS) is 15.8. The zero-order valence-electron chi connectivity index (χ0n) is 19.3.